The molecule has 0 aliphatic rings. The number of carbonyl (C=O) groups excluding carboxylic acids is 1. The van der Waals surface area contributed by atoms with Crippen LogP contribution < -0.4 is 5.32 Å². The van der Waals surface area contributed by atoms with Crippen molar-refractivity contribution < 1.29 is 14.7 Å². The highest BCUT2D eigenvalue weighted by atomic mass is 79.9. The summed E-state index contributed by atoms with van der Waals surface area (Å²) in [6.07, 6.45) is 0. The highest BCUT2D eigenvalue weighted by molar-refractivity contribution is 9.10. The maximum Gasteiger partial charge on any atom is 0.335 e. The number of hydrogen-bond donors (Lipinski definition) is 2. The van der Waals surface area contributed by atoms with Gasteiger partial charge in [0.2, 0.25) is 0 Å². The van der Waals surface area contributed by atoms with Crippen LogP contribution in [0.1, 0.15) is 26.3 Å². The molecule has 102 valence electrons. The molecule has 5 heteroatoms. The molecule has 0 bridgehead atoms. The lowest BCUT2D eigenvalue weighted by atomic mass is 10.1. The summed E-state index contributed by atoms with van der Waals surface area (Å²) < 4.78 is 0.594. The predicted molar refractivity (Wildman–Crippen MR) is 80.2 cm³/mol. The molecule has 4 nitrogen and oxygen atoms in total. The SMILES string of the molecule is Cc1cccc(C(=O)Nc2cc(Br)cc(C(=O)O)c2)c1. The Hall–Kier alpha value is -2.14. The van der Waals surface area contributed by atoms with E-state index in [0.717, 1.165) is 5.56 Å². The van der Waals surface area contributed by atoms with Gasteiger partial charge < -0.3 is 10.4 Å². The van der Waals surface area contributed by atoms with Crippen LogP contribution in [0.15, 0.2) is 46.9 Å². The topological polar surface area (TPSA) is 66.4 Å². The molecule has 0 unspecified atom stereocenters. The molecule has 0 atom stereocenters. The zero-order valence-electron chi connectivity index (χ0n) is 10.7. The van der Waals surface area contributed by atoms with Crippen molar-refractivity contribution in [2.45, 2.75) is 6.92 Å². The number of aromatic carboxylic acids is 1. The molecule has 0 radical (unpaired) electrons. The summed E-state index contributed by atoms with van der Waals surface area (Å²) in [7, 11) is 0. The maximum atomic E-state index is 12.1. The van der Waals surface area contributed by atoms with Crippen LogP contribution in [0, 0.1) is 6.92 Å². The molecule has 1 amide bonds. The number of halogens is 1. The Balaban J connectivity index is 2.26. The number of benzene rings is 2. The molecule has 0 spiro atoms. The zero-order chi connectivity index (χ0) is 14.7. The van der Waals surface area contributed by atoms with E-state index in [4.69, 9.17) is 5.11 Å². The smallest absolute Gasteiger partial charge is 0.335 e. The van der Waals surface area contributed by atoms with Gasteiger partial charge in [-0.2, -0.15) is 0 Å². The van der Waals surface area contributed by atoms with Gasteiger partial charge in [0.05, 0.1) is 5.56 Å². The van der Waals surface area contributed by atoms with E-state index in [0.29, 0.717) is 15.7 Å². The molecule has 2 rings (SSSR count). The van der Waals surface area contributed by atoms with E-state index in [-0.39, 0.29) is 11.5 Å². The Morgan fingerprint density at radius 1 is 1.10 bits per heavy atom. The van der Waals surface area contributed by atoms with Crippen molar-refractivity contribution in [2.24, 2.45) is 0 Å². The second-order valence-electron chi connectivity index (χ2n) is 4.36. The fourth-order valence-corrected chi connectivity index (χ4v) is 2.27. The van der Waals surface area contributed by atoms with Gasteiger partial charge in [-0.3, -0.25) is 4.79 Å². The van der Waals surface area contributed by atoms with E-state index in [1.54, 1.807) is 24.3 Å². The molecule has 0 saturated carbocycles. The number of aryl methyl sites for hydroxylation is 1. The summed E-state index contributed by atoms with van der Waals surface area (Å²) in [6, 6.07) is 11.7. The zero-order valence-corrected chi connectivity index (χ0v) is 12.3. The number of carboxylic acids is 1. The van der Waals surface area contributed by atoms with Crippen LogP contribution in [-0.2, 0) is 0 Å². The van der Waals surface area contributed by atoms with Crippen molar-refractivity contribution in [1.82, 2.24) is 0 Å². The molecule has 2 aromatic carbocycles. The number of carboxylic acid groups (broad SMARTS) is 1. The third-order valence-electron chi connectivity index (χ3n) is 2.68. The number of hydrogen-bond acceptors (Lipinski definition) is 2. The standard InChI is InChI=1S/C15H12BrNO3/c1-9-3-2-4-10(5-9)14(18)17-13-7-11(15(19)20)6-12(16)8-13/h2-8H,1H3,(H,17,18)(H,19,20). The minimum Gasteiger partial charge on any atom is -0.478 e. The average molecular weight is 334 g/mol. The Morgan fingerprint density at radius 2 is 1.85 bits per heavy atom. The quantitative estimate of drug-likeness (QED) is 0.899. The van der Waals surface area contributed by atoms with Crippen LogP contribution in [0.5, 0.6) is 0 Å². The summed E-state index contributed by atoms with van der Waals surface area (Å²) >= 11 is 3.22. The summed E-state index contributed by atoms with van der Waals surface area (Å²) in [5.41, 5.74) is 2.06. The van der Waals surface area contributed by atoms with E-state index < -0.39 is 5.97 Å². The Labute approximate surface area is 124 Å². The molecule has 0 aliphatic carbocycles. The van der Waals surface area contributed by atoms with Crippen LogP contribution in [0.2, 0.25) is 0 Å². The first-order valence-corrected chi connectivity index (χ1v) is 6.67. The monoisotopic (exact) mass is 333 g/mol. The van der Waals surface area contributed by atoms with Gasteiger partial charge in [-0.1, -0.05) is 33.6 Å². The van der Waals surface area contributed by atoms with Crippen LogP contribution >= 0.6 is 15.9 Å². The van der Waals surface area contributed by atoms with Crippen molar-refractivity contribution in [2.75, 3.05) is 5.32 Å². The highest BCUT2D eigenvalue weighted by Crippen LogP contribution is 2.20. The van der Waals surface area contributed by atoms with Gasteiger partial charge in [0.1, 0.15) is 0 Å². The fourth-order valence-electron chi connectivity index (χ4n) is 1.77. The lowest BCUT2D eigenvalue weighted by Gasteiger charge is -2.07. The lowest BCUT2D eigenvalue weighted by molar-refractivity contribution is 0.0696. The number of nitrogens with one attached hydrogen (secondary N) is 1. The van der Waals surface area contributed by atoms with Crippen molar-refractivity contribution in [1.29, 1.82) is 0 Å². The Morgan fingerprint density at radius 3 is 2.50 bits per heavy atom. The second-order valence-corrected chi connectivity index (χ2v) is 5.27. The van der Waals surface area contributed by atoms with Crippen LogP contribution in [0.25, 0.3) is 0 Å². The summed E-state index contributed by atoms with van der Waals surface area (Å²) in [5.74, 6) is -1.32. The first kappa shape index (κ1) is 14.3. The average Bonchev–Trinajstić information content (AvgIpc) is 2.37. The number of amides is 1. The summed E-state index contributed by atoms with van der Waals surface area (Å²) in [5, 5.41) is 11.7. The minimum absolute atomic E-state index is 0.110. The van der Waals surface area contributed by atoms with Crippen molar-refractivity contribution >= 4 is 33.5 Å². The maximum absolute atomic E-state index is 12.1. The molecule has 0 fully saturated rings. The first-order valence-electron chi connectivity index (χ1n) is 5.87. The van der Waals surface area contributed by atoms with Gasteiger partial charge in [-0.25, -0.2) is 4.79 Å². The Kier molecular flexibility index (Phi) is 4.20. The van der Waals surface area contributed by atoms with Crippen LogP contribution in [0.4, 0.5) is 5.69 Å². The first-order chi connectivity index (χ1) is 9.45. The number of anilines is 1. The summed E-state index contributed by atoms with van der Waals surface area (Å²) in [6.45, 7) is 1.90. The van der Waals surface area contributed by atoms with Crippen LogP contribution in [-0.4, -0.2) is 17.0 Å². The minimum atomic E-state index is -1.04. The van der Waals surface area contributed by atoms with Gasteiger partial charge in [-0.15, -0.1) is 0 Å². The van der Waals surface area contributed by atoms with Crippen LogP contribution in [0.3, 0.4) is 0 Å². The van der Waals surface area contributed by atoms with Gasteiger partial charge in [0.15, 0.2) is 0 Å². The number of rotatable bonds is 3. The van der Waals surface area contributed by atoms with Gasteiger partial charge in [0.25, 0.3) is 5.91 Å². The van der Waals surface area contributed by atoms with E-state index in [9.17, 15) is 9.59 Å². The molecule has 2 N–H and O–H groups in total. The molecule has 0 aromatic heterocycles. The third-order valence-corrected chi connectivity index (χ3v) is 3.14. The van der Waals surface area contributed by atoms with Crippen molar-refractivity contribution in [3.8, 4) is 0 Å². The molecule has 2 aromatic rings. The van der Waals surface area contributed by atoms with E-state index in [1.807, 2.05) is 13.0 Å². The van der Waals surface area contributed by atoms with E-state index in [2.05, 4.69) is 21.2 Å². The highest BCUT2D eigenvalue weighted by Gasteiger charge is 2.10. The molecule has 0 heterocycles. The summed E-state index contributed by atoms with van der Waals surface area (Å²) in [4.78, 5) is 23.1. The van der Waals surface area contributed by atoms with Gasteiger partial charge in [-0.05, 0) is 37.3 Å². The molecule has 20 heavy (non-hydrogen) atoms. The molecular formula is C15H12BrNO3. The molecular weight excluding hydrogens is 322 g/mol. The van der Waals surface area contributed by atoms with Gasteiger partial charge in [0, 0.05) is 15.7 Å². The normalized spacial score (nSPS) is 10.1. The Bertz CT molecular complexity index is 683. The van der Waals surface area contributed by atoms with Crippen molar-refractivity contribution in [3.63, 3.8) is 0 Å². The fraction of sp³-hybridized carbons (Fsp3) is 0.0667. The van der Waals surface area contributed by atoms with E-state index >= 15 is 0 Å². The second kappa shape index (κ2) is 5.88. The molecule has 0 aliphatic heterocycles. The largest absolute Gasteiger partial charge is 0.478 e. The third kappa shape index (κ3) is 3.45. The predicted octanol–water partition coefficient (Wildman–Crippen LogP) is 3.71. The van der Waals surface area contributed by atoms with E-state index in [1.165, 1.54) is 12.1 Å². The number of carbonyl (C=O) groups is 2. The lowest BCUT2D eigenvalue weighted by Crippen LogP contribution is -2.12. The van der Waals surface area contributed by atoms with Crippen molar-refractivity contribution in [3.05, 3.63) is 63.6 Å². The van der Waals surface area contributed by atoms with Gasteiger partial charge >= 0.3 is 5.97 Å². The molecule has 0 saturated heterocycles.